The molecule has 0 fully saturated rings. The van der Waals surface area contributed by atoms with Crippen LogP contribution in [0.4, 0.5) is 0 Å². The molecular weight excluding hydrogens is 212 g/mol. The van der Waals surface area contributed by atoms with Crippen molar-refractivity contribution in [1.82, 2.24) is 0 Å². The quantitative estimate of drug-likeness (QED) is 0.859. The highest BCUT2D eigenvalue weighted by atomic mass is 35.5. The van der Waals surface area contributed by atoms with Gasteiger partial charge in [0.05, 0.1) is 6.10 Å². The lowest BCUT2D eigenvalue weighted by Crippen LogP contribution is -2.25. The number of rotatable bonds is 4. The van der Waals surface area contributed by atoms with Crippen molar-refractivity contribution < 1.29 is 9.84 Å². The molecule has 0 radical (unpaired) electrons. The van der Waals surface area contributed by atoms with Crippen LogP contribution in [0.5, 0.6) is 0 Å². The van der Waals surface area contributed by atoms with Crippen molar-refractivity contribution in [2.45, 2.75) is 26.1 Å². The summed E-state index contributed by atoms with van der Waals surface area (Å²) in [5.74, 6) is 0.131. The first-order chi connectivity index (χ1) is 7.07. The zero-order chi connectivity index (χ0) is 11.4. The molecule has 1 aromatic carbocycles. The van der Waals surface area contributed by atoms with Crippen molar-refractivity contribution >= 4 is 11.6 Å². The number of aliphatic hydroxyl groups is 1. The maximum Gasteiger partial charge on any atom is 0.110 e. The van der Waals surface area contributed by atoms with Crippen molar-refractivity contribution in [1.29, 1.82) is 0 Å². The van der Waals surface area contributed by atoms with E-state index in [4.69, 9.17) is 16.3 Å². The molecule has 0 spiro atoms. The second-order valence-electron chi connectivity index (χ2n) is 3.91. The van der Waals surface area contributed by atoms with Gasteiger partial charge >= 0.3 is 0 Å². The summed E-state index contributed by atoms with van der Waals surface area (Å²) in [6.45, 7) is 3.90. The SMILES string of the molecule is CO[C@@H](c1ccccc1Cl)[C@@H](O)C(C)C. The summed E-state index contributed by atoms with van der Waals surface area (Å²) in [6.07, 6.45) is -0.909. The van der Waals surface area contributed by atoms with Gasteiger partial charge in [0, 0.05) is 17.7 Å². The van der Waals surface area contributed by atoms with E-state index < -0.39 is 6.10 Å². The highest BCUT2D eigenvalue weighted by Crippen LogP contribution is 2.30. The molecule has 0 saturated carbocycles. The Morgan fingerprint density at radius 1 is 1.27 bits per heavy atom. The molecule has 0 aliphatic rings. The Bertz CT molecular complexity index is 312. The molecular formula is C12H17ClO2. The molecule has 0 aliphatic heterocycles. The summed E-state index contributed by atoms with van der Waals surface area (Å²) in [6, 6.07) is 7.43. The number of hydrogen-bond donors (Lipinski definition) is 1. The Morgan fingerprint density at radius 3 is 2.33 bits per heavy atom. The van der Waals surface area contributed by atoms with Crippen molar-refractivity contribution in [3.63, 3.8) is 0 Å². The van der Waals surface area contributed by atoms with Crippen LogP contribution in [0.2, 0.25) is 5.02 Å². The number of ether oxygens (including phenoxy) is 1. The molecule has 1 rings (SSSR count). The van der Waals surface area contributed by atoms with Crippen LogP contribution in [0.25, 0.3) is 0 Å². The predicted octanol–water partition coefficient (Wildman–Crippen LogP) is 3.04. The van der Waals surface area contributed by atoms with E-state index >= 15 is 0 Å². The average Bonchev–Trinajstić information content (AvgIpc) is 2.21. The van der Waals surface area contributed by atoms with Gasteiger partial charge in [-0.25, -0.2) is 0 Å². The van der Waals surface area contributed by atoms with Gasteiger partial charge in [0.2, 0.25) is 0 Å². The summed E-state index contributed by atoms with van der Waals surface area (Å²) in [5.41, 5.74) is 0.836. The van der Waals surface area contributed by atoms with Crippen molar-refractivity contribution in [3.8, 4) is 0 Å². The zero-order valence-corrected chi connectivity index (χ0v) is 10.0. The smallest absolute Gasteiger partial charge is 0.110 e. The highest BCUT2D eigenvalue weighted by Gasteiger charge is 2.25. The Morgan fingerprint density at radius 2 is 1.87 bits per heavy atom. The van der Waals surface area contributed by atoms with Crippen LogP contribution in [0.3, 0.4) is 0 Å². The summed E-state index contributed by atoms with van der Waals surface area (Å²) >= 11 is 6.06. The Kier molecular flexibility index (Phi) is 4.58. The van der Waals surface area contributed by atoms with Crippen LogP contribution in [0.1, 0.15) is 25.5 Å². The summed E-state index contributed by atoms with van der Waals surface area (Å²) in [7, 11) is 1.58. The van der Waals surface area contributed by atoms with Crippen molar-refractivity contribution in [2.75, 3.05) is 7.11 Å². The molecule has 15 heavy (non-hydrogen) atoms. The molecule has 0 aromatic heterocycles. The van der Waals surface area contributed by atoms with E-state index in [1.54, 1.807) is 13.2 Å². The van der Waals surface area contributed by atoms with E-state index in [0.717, 1.165) is 5.56 Å². The van der Waals surface area contributed by atoms with E-state index in [-0.39, 0.29) is 12.0 Å². The van der Waals surface area contributed by atoms with Gasteiger partial charge < -0.3 is 9.84 Å². The van der Waals surface area contributed by atoms with Gasteiger partial charge in [-0.3, -0.25) is 0 Å². The van der Waals surface area contributed by atoms with E-state index in [2.05, 4.69) is 0 Å². The molecule has 0 heterocycles. The van der Waals surface area contributed by atoms with Gasteiger partial charge in [0.1, 0.15) is 6.10 Å². The topological polar surface area (TPSA) is 29.5 Å². The molecule has 1 N–H and O–H groups in total. The molecule has 84 valence electrons. The van der Waals surface area contributed by atoms with Gasteiger partial charge in [-0.2, -0.15) is 0 Å². The van der Waals surface area contributed by atoms with Gasteiger partial charge in [-0.05, 0) is 12.0 Å². The van der Waals surface area contributed by atoms with E-state index in [9.17, 15) is 5.11 Å². The number of aliphatic hydroxyl groups excluding tert-OH is 1. The van der Waals surface area contributed by atoms with Crippen LogP contribution < -0.4 is 0 Å². The molecule has 0 unspecified atom stereocenters. The van der Waals surface area contributed by atoms with Crippen molar-refractivity contribution in [3.05, 3.63) is 34.9 Å². The first-order valence-electron chi connectivity index (χ1n) is 5.03. The fourth-order valence-corrected chi connectivity index (χ4v) is 1.75. The lowest BCUT2D eigenvalue weighted by molar-refractivity contribution is -0.0359. The third-order valence-electron chi connectivity index (χ3n) is 2.46. The largest absolute Gasteiger partial charge is 0.390 e. The van der Waals surface area contributed by atoms with Crippen LogP contribution in [-0.4, -0.2) is 18.3 Å². The Labute approximate surface area is 95.8 Å². The van der Waals surface area contributed by atoms with Crippen LogP contribution >= 0.6 is 11.6 Å². The van der Waals surface area contributed by atoms with Gasteiger partial charge in [-0.1, -0.05) is 43.6 Å². The minimum atomic E-state index is -0.546. The van der Waals surface area contributed by atoms with E-state index in [0.29, 0.717) is 5.02 Å². The third-order valence-corrected chi connectivity index (χ3v) is 2.80. The molecule has 0 bridgehead atoms. The number of benzene rings is 1. The molecule has 0 aliphatic carbocycles. The predicted molar refractivity (Wildman–Crippen MR) is 62.0 cm³/mol. The van der Waals surface area contributed by atoms with E-state index in [1.807, 2.05) is 32.0 Å². The number of halogens is 1. The normalized spacial score (nSPS) is 15.3. The summed E-state index contributed by atoms with van der Waals surface area (Å²) in [5, 5.41) is 10.6. The highest BCUT2D eigenvalue weighted by molar-refractivity contribution is 6.31. The van der Waals surface area contributed by atoms with Gasteiger partial charge in [0.15, 0.2) is 0 Å². The lowest BCUT2D eigenvalue weighted by atomic mass is 9.96. The standard InChI is InChI=1S/C12H17ClO2/c1-8(2)11(14)12(15-3)9-6-4-5-7-10(9)13/h4-8,11-12,14H,1-3H3/t11-,12-/m0/s1. The Hall–Kier alpha value is -0.570. The molecule has 2 atom stereocenters. The van der Waals surface area contributed by atoms with Crippen LogP contribution in [0.15, 0.2) is 24.3 Å². The second kappa shape index (κ2) is 5.50. The maximum atomic E-state index is 9.98. The summed E-state index contributed by atoms with van der Waals surface area (Å²) < 4.78 is 5.31. The van der Waals surface area contributed by atoms with E-state index in [1.165, 1.54) is 0 Å². The molecule has 3 heteroatoms. The fourth-order valence-electron chi connectivity index (χ4n) is 1.51. The van der Waals surface area contributed by atoms with Crippen LogP contribution in [0, 0.1) is 5.92 Å². The second-order valence-corrected chi connectivity index (χ2v) is 4.32. The molecule has 2 nitrogen and oxygen atoms in total. The first-order valence-corrected chi connectivity index (χ1v) is 5.41. The zero-order valence-electron chi connectivity index (χ0n) is 9.27. The third kappa shape index (κ3) is 2.94. The van der Waals surface area contributed by atoms with Crippen LogP contribution in [-0.2, 0) is 4.74 Å². The maximum absolute atomic E-state index is 9.98. The average molecular weight is 229 g/mol. The minimum absolute atomic E-state index is 0.131. The molecule has 0 saturated heterocycles. The van der Waals surface area contributed by atoms with Crippen molar-refractivity contribution in [2.24, 2.45) is 5.92 Å². The summed E-state index contributed by atoms with van der Waals surface area (Å²) in [4.78, 5) is 0. The first kappa shape index (κ1) is 12.5. The van der Waals surface area contributed by atoms with Gasteiger partial charge in [-0.15, -0.1) is 0 Å². The fraction of sp³-hybridized carbons (Fsp3) is 0.500. The molecule has 0 amide bonds. The molecule has 1 aromatic rings. The Balaban J connectivity index is 2.97. The van der Waals surface area contributed by atoms with Gasteiger partial charge in [0.25, 0.3) is 0 Å². The lowest BCUT2D eigenvalue weighted by Gasteiger charge is -2.25. The number of methoxy groups -OCH3 is 1. The number of hydrogen-bond acceptors (Lipinski definition) is 2. The monoisotopic (exact) mass is 228 g/mol. The minimum Gasteiger partial charge on any atom is -0.390 e.